The summed E-state index contributed by atoms with van der Waals surface area (Å²) in [6.45, 7) is 2.00. The van der Waals surface area contributed by atoms with Gasteiger partial charge in [0, 0.05) is 17.9 Å². The van der Waals surface area contributed by atoms with Crippen molar-refractivity contribution in [3.63, 3.8) is 0 Å². The summed E-state index contributed by atoms with van der Waals surface area (Å²) >= 11 is 0. The fourth-order valence-corrected chi connectivity index (χ4v) is 2.65. The van der Waals surface area contributed by atoms with E-state index in [0.29, 0.717) is 12.3 Å². The Hall–Kier alpha value is -3.22. The lowest BCUT2D eigenvalue weighted by molar-refractivity contribution is -0.142. The number of esters is 1. The number of ether oxygens (including phenoxy) is 2. The van der Waals surface area contributed by atoms with E-state index in [9.17, 15) is 14.0 Å². The van der Waals surface area contributed by atoms with Crippen LogP contribution in [-0.2, 0) is 20.8 Å². The molecule has 0 fully saturated rings. The number of hydrogen-bond donors (Lipinski definition) is 0. The molecule has 6 nitrogen and oxygen atoms in total. The van der Waals surface area contributed by atoms with Gasteiger partial charge in [0.1, 0.15) is 11.7 Å². The van der Waals surface area contributed by atoms with Crippen LogP contribution in [0.2, 0.25) is 0 Å². The number of methoxy groups -OCH3 is 2. The van der Waals surface area contributed by atoms with Crippen molar-refractivity contribution in [2.45, 2.75) is 13.5 Å². The Morgan fingerprint density at radius 1 is 1.07 bits per heavy atom. The van der Waals surface area contributed by atoms with Gasteiger partial charge in [-0.2, -0.15) is 0 Å². The smallest absolute Gasteiger partial charge is 0.414 e. The fraction of sp³-hybridized carbons (Fsp3) is 0.286. The molecule has 1 unspecified atom stereocenters. The maximum Gasteiger partial charge on any atom is 0.414 e. The Morgan fingerprint density at radius 2 is 1.79 bits per heavy atom. The van der Waals surface area contributed by atoms with Gasteiger partial charge in [0.2, 0.25) is 0 Å². The molecule has 28 heavy (non-hydrogen) atoms. The molecule has 148 valence electrons. The van der Waals surface area contributed by atoms with E-state index in [2.05, 4.69) is 4.99 Å². The highest BCUT2D eigenvalue weighted by Crippen LogP contribution is 2.20. The molecule has 0 saturated heterocycles. The normalized spacial score (nSPS) is 12.2. The van der Waals surface area contributed by atoms with E-state index >= 15 is 0 Å². The molecule has 2 aromatic carbocycles. The zero-order valence-electron chi connectivity index (χ0n) is 16.1. The molecule has 0 aliphatic rings. The number of benzene rings is 2. The van der Waals surface area contributed by atoms with Gasteiger partial charge in [0.05, 0.1) is 20.8 Å². The van der Waals surface area contributed by atoms with E-state index in [-0.39, 0.29) is 12.2 Å². The first-order valence-corrected chi connectivity index (χ1v) is 8.70. The van der Waals surface area contributed by atoms with Crippen molar-refractivity contribution in [2.75, 3.05) is 25.7 Å². The lowest BCUT2D eigenvalue weighted by Crippen LogP contribution is -2.41. The second-order valence-corrected chi connectivity index (χ2v) is 6.08. The van der Waals surface area contributed by atoms with Gasteiger partial charge in [0.15, 0.2) is 0 Å². The summed E-state index contributed by atoms with van der Waals surface area (Å²) in [5.41, 5.74) is 1.76. The third-order valence-corrected chi connectivity index (χ3v) is 4.22. The van der Waals surface area contributed by atoms with Gasteiger partial charge in [-0.1, -0.05) is 36.4 Å². The summed E-state index contributed by atoms with van der Waals surface area (Å²) in [5, 5.41) is 0. The molecule has 0 aliphatic heterocycles. The van der Waals surface area contributed by atoms with Crippen molar-refractivity contribution < 1.29 is 23.5 Å². The predicted octanol–water partition coefficient (Wildman–Crippen LogP) is 3.85. The average molecular weight is 386 g/mol. The van der Waals surface area contributed by atoms with Gasteiger partial charge in [-0.3, -0.25) is 14.7 Å². The van der Waals surface area contributed by atoms with Gasteiger partial charge in [-0.25, -0.2) is 9.18 Å². The summed E-state index contributed by atoms with van der Waals surface area (Å²) in [5.74, 6) is -1.87. The first kappa shape index (κ1) is 21.1. The molecule has 2 aromatic rings. The van der Waals surface area contributed by atoms with Crippen LogP contribution in [0.25, 0.3) is 0 Å². The zero-order chi connectivity index (χ0) is 20.5. The molecule has 0 spiro atoms. The molecule has 0 bridgehead atoms. The first-order chi connectivity index (χ1) is 13.5. The number of carbonyl (C=O) groups is 2. The minimum absolute atomic E-state index is 0.0904. The van der Waals surface area contributed by atoms with Crippen molar-refractivity contribution >= 4 is 23.5 Å². The Balaban J connectivity index is 2.29. The van der Waals surface area contributed by atoms with Crippen molar-refractivity contribution in [2.24, 2.45) is 10.9 Å². The van der Waals surface area contributed by atoms with E-state index in [0.717, 1.165) is 5.56 Å². The van der Waals surface area contributed by atoms with Crippen LogP contribution >= 0.6 is 0 Å². The molecule has 2 rings (SSSR count). The molecule has 1 atom stereocenters. The highest BCUT2D eigenvalue weighted by molar-refractivity contribution is 6.02. The summed E-state index contributed by atoms with van der Waals surface area (Å²) < 4.78 is 23.3. The Labute approximate surface area is 163 Å². The van der Waals surface area contributed by atoms with Gasteiger partial charge in [0.25, 0.3) is 0 Å². The molecule has 0 saturated carbocycles. The fourth-order valence-electron chi connectivity index (χ4n) is 2.65. The van der Waals surface area contributed by atoms with E-state index < -0.39 is 23.8 Å². The van der Waals surface area contributed by atoms with Crippen LogP contribution in [0.1, 0.15) is 12.5 Å². The topological polar surface area (TPSA) is 68.2 Å². The average Bonchev–Trinajstić information content (AvgIpc) is 2.72. The van der Waals surface area contributed by atoms with Gasteiger partial charge in [-0.15, -0.1) is 0 Å². The second-order valence-electron chi connectivity index (χ2n) is 6.08. The first-order valence-electron chi connectivity index (χ1n) is 8.70. The van der Waals surface area contributed by atoms with Crippen molar-refractivity contribution in [3.05, 3.63) is 66.0 Å². The van der Waals surface area contributed by atoms with Gasteiger partial charge < -0.3 is 9.47 Å². The minimum Gasteiger partial charge on any atom is -0.468 e. The van der Waals surface area contributed by atoms with E-state index in [4.69, 9.17) is 9.47 Å². The van der Waals surface area contributed by atoms with Crippen LogP contribution in [-0.4, -0.2) is 38.5 Å². The molecular formula is C21H23FN2O4. The highest BCUT2D eigenvalue weighted by Gasteiger charge is 2.29. The molecule has 0 N–H and O–H groups in total. The Kier molecular flexibility index (Phi) is 7.68. The van der Waals surface area contributed by atoms with Crippen LogP contribution in [0, 0.1) is 11.7 Å². The zero-order valence-corrected chi connectivity index (χ0v) is 16.1. The molecular weight excluding hydrogens is 363 g/mol. The van der Waals surface area contributed by atoms with E-state index in [1.807, 2.05) is 30.3 Å². The summed E-state index contributed by atoms with van der Waals surface area (Å²) in [4.78, 5) is 30.3. The summed E-state index contributed by atoms with van der Waals surface area (Å²) in [7, 11) is 2.49. The molecule has 0 radical (unpaired) electrons. The highest BCUT2D eigenvalue weighted by atomic mass is 19.1. The number of hydrogen-bond acceptors (Lipinski definition) is 5. The van der Waals surface area contributed by atoms with Crippen molar-refractivity contribution in [1.82, 2.24) is 0 Å². The second kappa shape index (κ2) is 10.2. The Morgan fingerprint density at radius 3 is 2.39 bits per heavy atom. The van der Waals surface area contributed by atoms with Crippen LogP contribution < -0.4 is 4.90 Å². The molecule has 1 amide bonds. The minimum atomic E-state index is -0.823. The molecule has 0 heterocycles. The predicted molar refractivity (Wildman–Crippen MR) is 105 cm³/mol. The lowest BCUT2D eigenvalue weighted by atomic mass is 10.0. The monoisotopic (exact) mass is 386 g/mol. The van der Waals surface area contributed by atoms with Crippen LogP contribution in [0.4, 0.5) is 14.9 Å². The molecule has 0 aliphatic carbocycles. The number of aliphatic imine (C=N–C) groups is 1. The number of nitrogens with zero attached hydrogens (tertiary/aromatic N) is 2. The maximum absolute atomic E-state index is 13.6. The van der Waals surface area contributed by atoms with Crippen molar-refractivity contribution in [1.29, 1.82) is 0 Å². The quantitative estimate of drug-likeness (QED) is 0.535. The lowest BCUT2D eigenvalue weighted by Gasteiger charge is -2.25. The van der Waals surface area contributed by atoms with Gasteiger partial charge >= 0.3 is 12.1 Å². The largest absolute Gasteiger partial charge is 0.468 e. The van der Waals surface area contributed by atoms with Crippen LogP contribution in [0.5, 0.6) is 0 Å². The van der Waals surface area contributed by atoms with Crippen LogP contribution in [0.3, 0.4) is 0 Å². The van der Waals surface area contributed by atoms with Crippen LogP contribution in [0.15, 0.2) is 59.6 Å². The standard InChI is InChI=1S/C21H23FN2O4/c1-15(23-13-16-8-5-4-6-9-16)19(20(25)27-2)14-24(21(26)28-3)18-11-7-10-17(22)12-18/h4-12,19H,13-14H2,1-3H3. The number of rotatable bonds is 7. The van der Waals surface area contributed by atoms with Crippen molar-refractivity contribution in [3.8, 4) is 0 Å². The summed E-state index contributed by atoms with van der Waals surface area (Å²) in [6, 6.07) is 15.1. The number of halogens is 1. The number of amides is 1. The molecule has 0 aromatic heterocycles. The number of anilines is 1. The molecule has 7 heteroatoms. The summed E-state index contributed by atoms with van der Waals surface area (Å²) in [6.07, 6.45) is -0.713. The Bertz CT molecular complexity index is 839. The van der Waals surface area contributed by atoms with E-state index in [1.54, 1.807) is 13.0 Å². The van der Waals surface area contributed by atoms with Gasteiger partial charge in [-0.05, 0) is 30.7 Å². The maximum atomic E-state index is 13.6. The van der Waals surface area contributed by atoms with E-state index in [1.165, 1.54) is 37.3 Å². The SMILES string of the molecule is COC(=O)C(CN(C(=O)OC)c1cccc(F)c1)C(C)=NCc1ccccc1. The number of carbonyl (C=O) groups excluding carboxylic acids is 2. The third-order valence-electron chi connectivity index (χ3n) is 4.22. The third kappa shape index (κ3) is 5.64.